The molecule has 82 valence electrons. The first-order valence-corrected chi connectivity index (χ1v) is 5.38. The van der Waals surface area contributed by atoms with Gasteiger partial charge >= 0.3 is 0 Å². The predicted molar refractivity (Wildman–Crippen MR) is 59.6 cm³/mol. The summed E-state index contributed by atoms with van der Waals surface area (Å²) in [6.07, 6.45) is 0. The molecular weight excluding hydrogens is 188 g/mol. The van der Waals surface area contributed by atoms with Gasteiger partial charge in [-0.2, -0.15) is 0 Å². The Bertz CT molecular complexity index is 345. The van der Waals surface area contributed by atoms with E-state index in [0.717, 1.165) is 5.56 Å². The second kappa shape index (κ2) is 3.32. The van der Waals surface area contributed by atoms with E-state index in [1.807, 2.05) is 30.3 Å². The Morgan fingerprint density at radius 1 is 1.13 bits per heavy atom. The zero-order chi connectivity index (χ0) is 11.1. The largest absolute Gasteiger partial charge is 0.396 e. The van der Waals surface area contributed by atoms with Gasteiger partial charge in [0.15, 0.2) is 0 Å². The molecule has 0 aromatic heterocycles. The van der Waals surface area contributed by atoms with Gasteiger partial charge in [-0.25, -0.2) is 0 Å². The predicted octanol–water partition coefficient (Wildman–Crippen LogP) is 1.56. The van der Waals surface area contributed by atoms with Gasteiger partial charge in [0, 0.05) is 17.9 Å². The molecule has 0 spiro atoms. The van der Waals surface area contributed by atoms with Crippen LogP contribution in [0.15, 0.2) is 30.3 Å². The van der Waals surface area contributed by atoms with Crippen LogP contribution < -0.4 is 0 Å². The third kappa shape index (κ3) is 1.18. The van der Waals surface area contributed by atoms with E-state index < -0.39 is 0 Å². The zero-order valence-corrected chi connectivity index (χ0v) is 9.27. The molecule has 1 aliphatic carbocycles. The molecule has 1 aromatic rings. The summed E-state index contributed by atoms with van der Waals surface area (Å²) < 4.78 is 0. The summed E-state index contributed by atoms with van der Waals surface area (Å²) in [5.74, 6) is 0.164. The van der Waals surface area contributed by atoms with E-state index >= 15 is 0 Å². The maximum absolute atomic E-state index is 9.64. The van der Waals surface area contributed by atoms with Crippen LogP contribution in [-0.4, -0.2) is 23.4 Å². The van der Waals surface area contributed by atoms with Crippen LogP contribution in [-0.2, 0) is 5.41 Å². The van der Waals surface area contributed by atoms with Gasteiger partial charge in [0.2, 0.25) is 0 Å². The average Bonchev–Trinajstić information content (AvgIpc) is 2.76. The van der Waals surface area contributed by atoms with Gasteiger partial charge in [-0.15, -0.1) is 0 Å². The third-order valence-corrected chi connectivity index (χ3v) is 4.25. The Balaban J connectivity index is 2.42. The minimum Gasteiger partial charge on any atom is -0.396 e. The molecule has 2 heteroatoms. The second-order valence-electron chi connectivity index (χ2n) is 4.95. The van der Waals surface area contributed by atoms with Gasteiger partial charge in [-0.1, -0.05) is 44.2 Å². The van der Waals surface area contributed by atoms with Crippen LogP contribution in [0.2, 0.25) is 0 Å². The van der Waals surface area contributed by atoms with E-state index in [1.54, 1.807) is 0 Å². The van der Waals surface area contributed by atoms with Crippen molar-refractivity contribution in [3.8, 4) is 0 Å². The summed E-state index contributed by atoms with van der Waals surface area (Å²) in [6, 6.07) is 10.0. The quantitative estimate of drug-likeness (QED) is 0.788. The van der Waals surface area contributed by atoms with Crippen molar-refractivity contribution < 1.29 is 10.2 Å². The van der Waals surface area contributed by atoms with Gasteiger partial charge < -0.3 is 10.2 Å². The summed E-state index contributed by atoms with van der Waals surface area (Å²) >= 11 is 0. The molecule has 1 saturated carbocycles. The van der Waals surface area contributed by atoms with Crippen LogP contribution in [0.25, 0.3) is 0 Å². The molecule has 1 aliphatic rings. The lowest BCUT2D eigenvalue weighted by Crippen LogP contribution is -2.20. The standard InChI is InChI=1S/C13H18O2/c1-12(2)11(8-14)13(12,9-15)10-6-4-3-5-7-10/h3-7,11,14-15H,8-9H2,1-2H3. The number of rotatable bonds is 3. The summed E-state index contributed by atoms with van der Waals surface area (Å²) in [6.45, 7) is 4.46. The molecule has 2 atom stereocenters. The van der Waals surface area contributed by atoms with E-state index in [0.29, 0.717) is 0 Å². The minimum absolute atomic E-state index is 0.0160. The molecule has 2 rings (SSSR count). The number of hydrogen-bond acceptors (Lipinski definition) is 2. The molecule has 0 aliphatic heterocycles. The van der Waals surface area contributed by atoms with Crippen molar-refractivity contribution in [2.75, 3.05) is 13.2 Å². The smallest absolute Gasteiger partial charge is 0.0536 e. The van der Waals surface area contributed by atoms with Crippen LogP contribution in [0.4, 0.5) is 0 Å². The van der Waals surface area contributed by atoms with Crippen molar-refractivity contribution in [3.63, 3.8) is 0 Å². The summed E-state index contributed by atoms with van der Waals surface area (Å²) in [4.78, 5) is 0. The van der Waals surface area contributed by atoms with Crippen molar-refractivity contribution in [1.82, 2.24) is 0 Å². The first-order valence-electron chi connectivity index (χ1n) is 5.38. The maximum Gasteiger partial charge on any atom is 0.0536 e. The topological polar surface area (TPSA) is 40.5 Å². The van der Waals surface area contributed by atoms with Crippen LogP contribution >= 0.6 is 0 Å². The number of aliphatic hydroxyl groups is 2. The number of aliphatic hydroxyl groups excluding tert-OH is 2. The first kappa shape index (κ1) is 10.7. The number of hydrogen-bond donors (Lipinski definition) is 2. The highest BCUT2D eigenvalue weighted by Gasteiger charge is 2.70. The molecule has 15 heavy (non-hydrogen) atoms. The van der Waals surface area contributed by atoms with Gasteiger partial charge in [0.05, 0.1) is 6.61 Å². The summed E-state index contributed by atoms with van der Waals surface area (Å²) in [5.41, 5.74) is 0.873. The fourth-order valence-electron chi connectivity index (χ4n) is 3.06. The lowest BCUT2D eigenvalue weighted by molar-refractivity contribution is 0.211. The molecule has 0 amide bonds. The van der Waals surface area contributed by atoms with Crippen LogP contribution in [0, 0.1) is 11.3 Å². The lowest BCUT2D eigenvalue weighted by Gasteiger charge is -2.18. The molecule has 2 unspecified atom stereocenters. The van der Waals surface area contributed by atoms with Crippen molar-refractivity contribution in [2.45, 2.75) is 19.3 Å². The van der Waals surface area contributed by atoms with Gasteiger partial charge in [-0.05, 0) is 11.0 Å². The maximum atomic E-state index is 9.64. The number of benzene rings is 1. The fourth-order valence-corrected chi connectivity index (χ4v) is 3.06. The van der Waals surface area contributed by atoms with Gasteiger partial charge in [0.1, 0.15) is 0 Å². The Hall–Kier alpha value is -0.860. The molecule has 0 bridgehead atoms. The van der Waals surface area contributed by atoms with E-state index in [-0.39, 0.29) is 30.0 Å². The lowest BCUT2D eigenvalue weighted by atomic mass is 9.88. The molecule has 0 radical (unpaired) electrons. The van der Waals surface area contributed by atoms with Crippen LogP contribution in [0.3, 0.4) is 0 Å². The van der Waals surface area contributed by atoms with Crippen molar-refractivity contribution in [3.05, 3.63) is 35.9 Å². The Morgan fingerprint density at radius 3 is 2.13 bits per heavy atom. The first-order chi connectivity index (χ1) is 7.11. The zero-order valence-electron chi connectivity index (χ0n) is 9.27. The summed E-state index contributed by atoms with van der Waals surface area (Å²) in [7, 11) is 0. The molecule has 2 nitrogen and oxygen atoms in total. The van der Waals surface area contributed by atoms with E-state index in [9.17, 15) is 10.2 Å². The average molecular weight is 206 g/mol. The summed E-state index contributed by atoms with van der Waals surface area (Å²) in [5, 5.41) is 19.0. The third-order valence-electron chi connectivity index (χ3n) is 4.25. The monoisotopic (exact) mass is 206 g/mol. The Kier molecular flexibility index (Phi) is 2.36. The van der Waals surface area contributed by atoms with E-state index in [4.69, 9.17) is 0 Å². The van der Waals surface area contributed by atoms with E-state index in [2.05, 4.69) is 13.8 Å². The molecule has 2 N–H and O–H groups in total. The van der Waals surface area contributed by atoms with Crippen LogP contribution in [0.5, 0.6) is 0 Å². The highest BCUT2D eigenvalue weighted by molar-refractivity contribution is 5.40. The molecule has 1 aromatic carbocycles. The van der Waals surface area contributed by atoms with Crippen molar-refractivity contribution in [1.29, 1.82) is 0 Å². The van der Waals surface area contributed by atoms with E-state index in [1.165, 1.54) is 0 Å². The Labute approximate surface area is 90.6 Å². The van der Waals surface area contributed by atoms with Gasteiger partial charge in [-0.3, -0.25) is 0 Å². The van der Waals surface area contributed by atoms with Crippen molar-refractivity contribution in [2.24, 2.45) is 11.3 Å². The van der Waals surface area contributed by atoms with Gasteiger partial charge in [0.25, 0.3) is 0 Å². The SMILES string of the molecule is CC1(C)C(CO)C1(CO)c1ccccc1. The second-order valence-corrected chi connectivity index (χ2v) is 4.95. The minimum atomic E-state index is -0.247. The van der Waals surface area contributed by atoms with Crippen molar-refractivity contribution >= 4 is 0 Å². The Morgan fingerprint density at radius 2 is 1.73 bits per heavy atom. The molecule has 1 fully saturated rings. The molecular formula is C13H18O2. The highest BCUT2D eigenvalue weighted by Crippen LogP contribution is 2.68. The normalized spacial score (nSPS) is 32.7. The highest BCUT2D eigenvalue weighted by atomic mass is 16.3. The molecule has 0 heterocycles. The van der Waals surface area contributed by atoms with Crippen LogP contribution in [0.1, 0.15) is 19.4 Å². The molecule has 0 saturated heterocycles. The fraction of sp³-hybridized carbons (Fsp3) is 0.538.